The number of aromatic nitrogens is 4. The third-order valence-corrected chi connectivity index (χ3v) is 4.49. The Bertz CT molecular complexity index is 935. The number of carbonyl (C=O) groups is 1. The molecule has 1 aliphatic carbocycles. The third kappa shape index (κ3) is 4.15. The molecule has 1 fully saturated rings. The minimum Gasteiger partial charge on any atom is -0.324 e. The van der Waals surface area contributed by atoms with E-state index in [1.54, 1.807) is 0 Å². The van der Waals surface area contributed by atoms with E-state index in [1.807, 2.05) is 60.1 Å². The highest BCUT2D eigenvalue weighted by Gasteiger charge is 2.28. The van der Waals surface area contributed by atoms with Gasteiger partial charge in [0.2, 0.25) is 5.91 Å². The van der Waals surface area contributed by atoms with E-state index < -0.39 is 6.04 Å². The zero-order chi connectivity index (χ0) is 18.1. The van der Waals surface area contributed by atoms with E-state index in [1.165, 1.54) is 0 Å². The van der Waals surface area contributed by atoms with Gasteiger partial charge >= 0.3 is 0 Å². The lowest BCUT2D eigenvalue weighted by molar-refractivity contribution is -0.117. The fraction of sp³-hybridized carbons (Fsp3) is 0.263. The summed E-state index contributed by atoms with van der Waals surface area (Å²) in [5, 5.41) is 14.9. The Kier molecular flexibility index (Phi) is 5.53. The summed E-state index contributed by atoms with van der Waals surface area (Å²) < 4.78 is 1.85. The van der Waals surface area contributed by atoms with Crippen LogP contribution in [-0.2, 0) is 4.79 Å². The zero-order valence-corrected chi connectivity index (χ0v) is 15.7. The van der Waals surface area contributed by atoms with Crippen LogP contribution < -0.4 is 11.1 Å². The van der Waals surface area contributed by atoms with Crippen molar-refractivity contribution in [2.45, 2.75) is 31.8 Å². The molecular weight excluding hydrogens is 364 g/mol. The monoisotopic (exact) mass is 384 g/mol. The van der Waals surface area contributed by atoms with E-state index >= 15 is 0 Å². The Morgan fingerprint density at radius 2 is 1.96 bits per heavy atom. The topological polar surface area (TPSA) is 98.7 Å². The smallest absolute Gasteiger partial charge is 0.245 e. The standard InChI is InChI=1S/C19H20N6O.ClH/c1-12-5-7-13(8-6-12)17(20)19(26)21-15-4-2-3-14(11-15)18-22-23-24-25(18)16-9-10-16;/h2-8,11,16-17H,9-10,20H2,1H3,(H,21,26);1H. The highest BCUT2D eigenvalue weighted by atomic mass is 35.5. The van der Waals surface area contributed by atoms with Crippen LogP contribution in [0.3, 0.4) is 0 Å². The van der Waals surface area contributed by atoms with Crippen molar-refractivity contribution in [3.63, 3.8) is 0 Å². The van der Waals surface area contributed by atoms with E-state index in [0.717, 1.165) is 29.5 Å². The summed E-state index contributed by atoms with van der Waals surface area (Å²) in [4.78, 5) is 12.5. The van der Waals surface area contributed by atoms with Crippen LogP contribution in [0.15, 0.2) is 48.5 Å². The first-order valence-corrected chi connectivity index (χ1v) is 8.63. The molecule has 140 valence electrons. The van der Waals surface area contributed by atoms with Crippen molar-refractivity contribution in [3.05, 3.63) is 59.7 Å². The summed E-state index contributed by atoms with van der Waals surface area (Å²) in [6.45, 7) is 2.00. The number of nitrogens with two attached hydrogens (primary N) is 1. The van der Waals surface area contributed by atoms with Crippen LogP contribution in [0.1, 0.15) is 36.1 Å². The molecule has 0 aliphatic heterocycles. The largest absolute Gasteiger partial charge is 0.324 e. The quantitative estimate of drug-likeness (QED) is 0.704. The van der Waals surface area contributed by atoms with Gasteiger partial charge in [-0.05, 0) is 47.9 Å². The Morgan fingerprint density at radius 3 is 2.67 bits per heavy atom. The number of aryl methyl sites for hydroxylation is 1. The number of tetrazole rings is 1. The van der Waals surface area contributed by atoms with E-state index in [2.05, 4.69) is 20.8 Å². The molecule has 0 radical (unpaired) electrons. The summed E-state index contributed by atoms with van der Waals surface area (Å²) in [6, 6.07) is 14.8. The molecule has 3 aromatic rings. The first-order chi connectivity index (χ1) is 12.6. The number of amides is 1. The Labute approximate surface area is 163 Å². The number of halogens is 1. The van der Waals surface area contributed by atoms with Gasteiger partial charge in [-0.15, -0.1) is 17.5 Å². The SMILES string of the molecule is Cc1ccc(C(N)C(=O)Nc2cccc(-c3nnnn3C3CC3)c2)cc1.Cl. The van der Waals surface area contributed by atoms with Gasteiger partial charge in [0.05, 0.1) is 6.04 Å². The van der Waals surface area contributed by atoms with Gasteiger partial charge in [-0.3, -0.25) is 4.79 Å². The maximum atomic E-state index is 12.5. The van der Waals surface area contributed by atoms with Crippen molar-refractivity contribution in [1.82, 2.24) is 20.2 Å². The van der Waals surface area contributed by atoms with Crippen LogP contribution >= 0.6 is 12.4 Å². The molecule has 7 nitrogen and oxygen atoms in total. The van der Waals surface area contributed by atoms with E-state index in [9.17, 15) is 4.79 Å². The van der Waals surface area contributed by atoms with Gasteiger partial charge in [0.25, 0.3) is 0 Å². The molecule has 0 spiro atoms. The van der Waals surface area contributed by atoms with Crippen molar-refractivity contribution in [1.29, 1.82) is 0 Å². The number of hydrogen-bond donors (Lipinski definition) is 2. The number of rotatable bonds is 5. The Balaban J connectivity index is 0.00000210. The van der Waals surface area contributed by atoms with Crippen LogP contribution in [0.2, 0.25) is 0 Å². The lowest BCUT2D eigenvalue weighted by Gasteiger charge is -2.13. The fourth-order valence-electron chi connectivity index (χ4n) is 2.83. The second-order valence-corrected chi connectivity index (χ2v) is 6.64. The first kappa shape index (κ1) is 19.0. The minimum absolute atomic E-state index is 0. The Morgan fingerprint density at radius 1 is 1.22 bits per heavy atom. The van der Waals surface area contributed by atoms with Crippen molar-refractivity contribution in [2.75, 3.05) is 5.32 Å². The summed E-state index contributed by atoms with van der Waals surface area (Å²) in [6.07, 6.45) is 2.19. The van der Waals surface area contributed by atoms with Gasteiger partial charge in [0.15, 0.2) is 5.82 Å². The zero-order valence-electron chi connectivity index (χ0n) is 14.9. The van der Waals surface area contributed by atoms with Crippen LogP contribution in [-0.4, -0.2) is 26.1 Å². The fourth-order valence-corrected chi connectivity index (χ4v) is 2.83. The number of hydrogen-bond acceptors (Lipinski definition) is 5. The second-order valence-electron chi connectivity index (χ2n) is 6.64. The molecule has 1 aromatic heterocycles. The van der Waals surface area contributed by atoms with Gasteiger partial charge in [0.1, 0.15) is 6.04 Å². The van der Waals surface area contributed by atoms with Crippen LogP contribution in [0.25, 0.3) is 11.4 Å². The summed E-state index contributed by atoms with van der Waals surface area (Å²) in [7, 11) is 0. The number of nitrogens with zero attached hydrogens (tertiary/aromatic N) is 4. The molecule has 2 aromatic carbocycles. The number of carbonyl (C=O) groups excluding carboxylic acids is 1. The van der Waals surface area contributed by atoms with Gasteiger partial charge in [-0.2, -0.15) is 0 Å². The molecular formula is C19H21ClN6O. The van der Waals surface area contributed by atoms with Crippen LogP contribution in [0.4, 0.5) is 5.69 Å². The van der Waals surface area contributed by atoms with Crippen LogP contribution in [0.5, 0.6) is 0 Å². The Hall–Kier alpha value is -2.77. The van der Waals surface area contributed by atoms with Crippen molar-refractivity contribution in [3.8, 4) is 11.4 Å². The minimum atomic E-state index is -0.726. The van der Waals surface area contributed by atoms with Crippen molar-refractivity contribution < 1.29 is 4.79 Å². The molecule has 1 amide bonds. The maximum Gasteiger partial charge on any atom is 0.245 e. The molecule has 3 N–H and O–H groups in total. The molecule has 0 bridgehead atoms. The number of benzene rings is 2. The molecule has 4 rings (SSSR count). The molecule has 8 heteroatoms. The summed E-state index contributed by atoms with van der Waals surface area (Å²) in [5.74, 6) is 0.458. The van der Waals surface area contributed by atoms with E-state index in [0.29, 0.717) is 17.6 Å². The lowest BCUT2D eigenvalue weighted by atomic mass is 10.1. The highest BCUT2D eigenvalue weighted by molar-refractivity contribution is 5.95. The number of nitrogens with one attached hydrogen (secondary N) is 1. The highest BCUT2D eigenvalue weighted by Crippen LogP contribution is 2.36. The first-order valence-electron chi connectivity index (χ1n) is 8.63. The molecule has 1 atom stereocenters. The average molecular weight is 385 g/mol. The van der Waals surface area contributed by atoms with Crippen LogP contribution in [0, 0.1) is 6.92 Å². The molecule has 1 unspecified atom stereocenters. The van der Waals surface area contributed by atoms with Crippen molar-refractivity contribution >= 4 is 24.0 Å². The van der Waals surface area contributed by atoms with E-state index in [4.69, 9.17) is 5.73 Å². The van der Waals surface area contributed by atoms with Crippen molar-refractivity contribution in [2.24, 2.45) is 5.73 Å². The summed E-state index contributed by atoms with van der Waals surface area (Å²) in [5.41, 5.74) is 9.53. The molecule has 1 aliphatic rings. The van der Waals surface area contributed by atoms with Gasteiger partial charge in [-0.1, -0.05) is 42.0 Å². The molecule has 1 saturated carbocycles. The molecule has 27 heavy (non-hydrogen) atoms. The second kappa shape index (κ2) is 7.85. The van der Waals surface area contributed by atoms with Gasteiger partial charge in [0, 0.05) is 11.3 Å². The van der Waals surface area contributed by atoms with Gasteiger partial charge < -0.3 is 11.1 Å². The summed E-state index contributed by atoms with van der Waals surface area (Å²) >= 11 is 0. The van der Waals surface area contributed by atoms with E-state index in [-0.39, 0.29) is 18.3 Å². The van der Waals surface area contributed by atoms with Gasteiger partial charge in [-0.25, -0.2) is 4.68 Å². The average Bonchev–Trinajstić information content (AvgIpc) is 3.38. The normalized spacial score (nSPS) is 14.3. The third-order valence-electron chi connectivity index (χ3n) is 4.49. The lowest BCUT2D eigenvalue weighted by Crippen LogP contribution is -2.27. The molecule has 0 saturated heterocycles. The predicted octanol–water partition coefficient (Wildman–Crippen LogP) is 3.04. The molecule has 1 heterocycles. The number of anilines is 1. The maximum absolute atomic E-state index is 12.5. The predicted molar refractivity (Wildman–Crippen MR) is 106 cm³/mol.